The third-order valence-electron chi connectivity index (χ3n) is 5.68. The Hall–Kier alpha value is -3.49. The Morgan fingerprint density at radius 3 is 2.63 bits per heavy atom. The molecule has 35 heavy (non-hydrogen) atoms. The van der Waals surface area contributed by atoms with Crippen LogP contribution in [0.1, 0.15) is 6.92 Å². The lowest BCUT2D eigenvalue weighted by atomic mass is 10.1. The molecule has 1 aliphatic heterocycles. The van der Waals surface area contributed by atoms with Crippen molar-refractivity contribution < 1.29 is 9.59 Å². The Morgan fingerprint density at radius 1 is 0.971 bits per heavy atom. The summed E-state index contributed by atoms with van der Waals surface area (Å²) >= 11 is 3.21. The van der Waals surface area contributed by atoms with E-state index in [0.29, 0.717) is 11.4 Å². The molecule has 0 fully saturated rings. The van der Waals surface area contributed by atoms with Crippen LogP contribution in [0, 0.1) is 0 Å². The number of anilines is 3. The first-order valence-electron chi connectivity index (χ1n) is 11.3. The van der Waals surface area contributed by atoms with E-state index in [0.717, 1.165) is 15.5 Å². The predicted octanol–water partition coefficient (Wildman–Crippen LogP) is 6.21. The van der Waals surface area contributed by atoms with Gasteiger partial charge in [0.25, 0.3) is 0 Å². The van der Waals surface area contributed by atoms with Crippen LogP contribution in [0.5, 0.6) is 0 Å². The van der Waals surface area contributed by atoms with E-state index < -0.39 is 0 Å². The van der Waals surface area contributed by atoms with Crippen molar-refractivity contribution in [2.45, 2.75) is 33.3 Å². The zero-order chi connectivity index (χ0) is 24.2. The van der Waals surface area contributed by atoms with Crippen LogP contribution in [-0.2, 0) is 4.79 Å². The minimum atomic E-state index is -0.319. The number of rotatable bonds is 5. The smallest absolute Gasteiger partial charge is 0.325 e. The molecule has 1 aromatic heterocycles. The number of allylic oxidation sites excluding steroid dienone is 2. The highest BCUT2D eigenvalue weighted by molar-refractivity contribution is 8.00. The molecule has 3 aromatic rings. The molecular weight excluding hydrogens is 476 g/mol. The third-order valence-corrected chi connectivity index (χ3v) is 8.08. The number of fused-ring (bicyclic) bond motifs is 2. The Balaban J connectivity index is 1.29. The molecular formula is C27H24N4O2S2. The first-order valence-corrected chi connectivity index (χ1v) is 13.0. The summed E-state index contributed by atoms with van der Waals surface area (Å²) in [4.78, 5) is 33.9. The minimum absolute atomic E-state index is 0.0608. The first kappa shape index (κ1) is 23.3. The van der Waals surface area contributed by atoms with Crippen molar-refractivity contribution in [3.63, 3.8) is 0 Å². The molecule has 0 saturated heterocycles. The molecule has 5 rings (SSSR count). The predicted molar refractivity (Wildman–Crippen MR) is 144 cm³/mol. The minimum Gasteiger partial charge on any atom is -0.325 e. The van der Waals surface area contributed by atoms with Crippen LogP contribution < -0.4 is 15.5 Å². The molecule has 0 spiro atoms. The van der Waals surface area contributed by atoms with Crippen molar-refractivity contribution in [1.82, 2.24) is 4.98 Å². The van der Waals surface area contributed by atoms with Gasteiger partial charge in [0.1, 0.15) is 0 Å². The second-order valence-electron chi connectivity index (χ2n) is 8.12. The lowest BCUT2D eigenvalue weighted by molar-refractivity contribution is -0.115. The number of amides is 3. The Labute approximate surface area is 212 Å². The summed E-state index contributed by atoms with van der Waals surface area (Å²) in [6, 6.07) is 18.8. The maximum atomic E-state index is 13.5. The summed E-state index contributed by atoms with van der Waals surface area (Å²) in [5.41, 5.74) is 2.30. The van der Waals surface area contributed by atoms with E-state index in [1.54, 1.807) is 36.3 Å². The second-order valence-corrected chi connectivity index (χ2v) is 10.8. The van der Waals surface area contributed by atoms with Crippen molar-refractivity contribution >= 4 is 52.5 Å². The molecule has 8 heteroatoms. The van der Waals surface area contributed by atoms with E-state index in [4.69, 9.17) is 0 Å². The summed E-state index contributed by atoms with van der Waals surface area (Å²) in [7, 11) is 0. The van der Waals surface area contributed by atoms with Crippen molar-refractivity contribution in [2.24, 2.45) is 0 Å². The standard InChI is InChI=1S/C27H24N4O2S2/c1-18(26(32)29-19-13-15-28-16-14-19)34-21-8-6-7-20(17-21)30-27(33)31-22-9-2-4-11-24(22)35-25-12-5-3-10-23(25)31/h2-18,22,24H,1H3,(H,30,33)(H,28,29,32). The molecule has 2 aliphatic rings. The molecule has 2 heterocycles. The molecule has 2 N–H and O–H groups in total. The lowest BCUT2D eigenvalue weighted by Crippen LogP contribution is -2.49. The van der Waals surface area contributed by atoms with E-state index >= 15 is 0 Å². The normalized spacial score (nSPS) is 18.8. The van der Waals surface area contributed by atoms with Crippen LogP contribution >= 0.6 is 23.5 Å². The molecule has 3 amide bonds. The number of hydrogen-bond donors (Lipinski definition) is 2. The van der Waals surface area contributed by atoms with Gasteiger partial charge in [-0.2, -0.15) is 0 Å². The number of benzene rings is 2. The second kappa shape index (κ2) is 10.4. The summed E-state index contributed by atoms with van der Waals surface area (Å²) in [5.74, 6) is -0.0961. The summed E-state index contributed by atoms with van der Waals surface area (Å²) in [5, 5.41) is 5.81. The largest absolute Gasteiger partial charge is 0.326 e. The molecule has 0 bridgehead atoms. The van der Waals surface area contributed by atoms with Gasteiger partial charge in [0, 0.05) is 33.6 Å². The van der Waals surface area contributed by atoms with Gasteiger partial charge in [-0.05, 0) is 49.4 Å². The fourth-order valence-corrected chi connectivity index (χ4v) is 6.18. The van der Waals surface area contributed by atoms with Gasteiger partial charge in [0.15, 0.2) is 0 Å². The SMILES string of the molecule is CC(Sc1cccc(NC(=O)N2c3ccccc3SC3C=CC=CC32)c1)C(=O)Nc1ccncc1. The number of pyridine rings is 1. The summed E-state index contributed by atoms with van der Waals surface area (Å²) in [6.07, 6.45) is 11.5. The van der Waals surface area contributed by atoms with Crippen LogP contribution in [0.3, 0.4) is 0 Å². The van der Waals surface area contributed by atoms with Gasteiger partial charge in [-0.3, -0.25) is 14.7 Å². The molecule has 3 unspecified atom stereocenters. The Bertz CT molecular complexity index is 1300. The summed E-state index contributed by atoms with van der Waals surface area (Å²) in [6.45, 7) is 1.86. The zero-order valence-electron chi connectivity index (χ0n) is 19.0. The maximum Gasteiger partial charge on any atom is 0.326 e. The third kappa shape index (κ3) is 5.28. The van der Waals surface area contributed by atoms with E-state index in [-0.39, 0.29) is 28.5 Å². The monoisotopic (exact) mass is 500 g/mol. The van der Waals surface area contributed by atoms with Gasteiger partial charge in [-0.25, -0.2) is 4.79 Å². The van der Waals surface area contributed by atoms with Gasteiger partial charge >= 0.3 is 6.03 Å². The van der Waals surface area contributed by atoms with E-state index in [9.17, 15) is 9.59 Å². The van der Waals surface area contributed by atoms with E-state index in [2.05, 4.69) is 33.8 Å². The van der Waals surface area contributed by atoms with Crippen LogP contribution in [-0.4, -0.2) is 33.5 Å². The average molecular weight is 501 g/mol. The average Bonchev–Trinajstić information content (AvgIpc) is 2.88. The number of nitrogens with zero attached hydrogens (tertiary/aromatic N) is 2. The van der Waals surface area contributed by atoms with Crippen LogP contribution in [0.25, 0.3) is 0 Å². The highest BCUT2D eigenvalue weighted by atomic mass is 32.2. The van der Waals surface area contributed by atoms with E-state index in [1.165, 1.54) is 11.8 Å². The highest BCUT2D eigenvalue weighted by Crippen LogP contribution is 2.43. The fraction of sp³-hybridized carbons (Fsp3) is 0.148. The molecule has 0 saturated carbocycles. The molecule has 0 radical (unpaired) electrons. The Morgan fingerprint density at radius 2 is 1.77 bits per heavy atom. The van der Waals surface area contributed by atoms with Crippen LogP contribution in [0.15, 0.2) is 107 Å². The van der Waals surface area contributed by atoms with Gasteiger partial charge in [0.2, 0.25) is 5.91 Å². The van der Waals surface area contributed by atoms with E-state index in [1.807, 2.05) is 66.4 Å². The number of hydrogen-bond acceptors (Lipinski definition) is 5. The van der Waals surface area contributed by atoms with Gasteiger partial charge in [0.05, 0.1) is 22.2 Å². The molecule has 3 atom stereocenters. The topological polar surface area (TPSA) is 74.3 Å². The fourth-order valence-electron chi connectivity index (χ4n) is 3.99. The Kier molecular flexibility index (Phi) is 6.92. The van der Waals surface area contributed by atoms with Crippen molar-refractivity contribution in [1.29, 1.82) is 0 Å². The molecule has 176 valence electrons. The first-order chi connectivity index (χ1) is 17.1. The summed E-state index contributed by atoms with van der Waals surface area (Å²) < 4.78 is 0. The van der Waals surface area contributed by atoms with Crippen molar-refractivity contribution in [3.8, 4) is 0 Å². The quantitative estimate of drug-likeness (QED) is 0.408. The molecule has 6 nitrogen and oxygen atoms in total. The van der Waals surface area contributed by atoms with Gasteiger partial charge < -0.3 is 10.6 Å². The number of urea groups is 1. The number of nitrogens with one attached hydrogen (secondary N) is 2. The maximum absolute atomic E-state index is 13.5. The number of thioether (sulfide) groups is 2. The number of carbonyl (C=O) groups excluding carboxylic acids is 2. The molecule has 1 aliphatic carbocycles. The van der Waals surface area contributed by atoms with Crippen LogP contribution in [0.4, 0.5) is 21.9 Å². The molecule has 2 aromatic carbocycles. The van der Waals surface area contributed by atoms with Crippen molar-refractivity contribution in [2.75, 3.05) is 15.5 Å². The van der Waals surface area contributed by atoms with Gasteiger partial charge in [-0.1, -0.05) is 42.5 Å². The lowest BCUT2D eigenvalue weighted by Gasteiger charge is -2.40. The van der Waals surface area contributed by atoms with Gasteiger partial charge in [-0.15, -0.1) is 23.5 Å². The number of para-hydroxylation sites is 1. The zero-order valence-corrected chi connectivity index (χ0v) is 20.6. The number of carbonyl (C=O) groups is 2. The highest BCUT2D eigenvalue weighted by Gasteiger charge is 2.36. The van der Waals surface area contributed by atoms with Crippen LogP contribution in [0.2, 0.25) is 0 Å². The number of aromatic nitrogens is 1. The van der Waals surface area contributed by atoms with Crippen molar-refractivity contribution in [3.05, 3.63) is 97.4 Å².